The molecule has 0 radical (unpaired) electrons. The number of halogens is 3. The topological polar surface area (TPSA) is 55.6 Å². The molecule has 0 saturated carbocycles. The van der Waals surface area contributed by atoms with Gasteiger partial charge >= 0.3 is 6.18 Å². The summed E-state index contributed by atoms with van der Waals surface area (Å²) in [4.78, 5) is 12.7. The van der Waals surface area contributed by atoms with Crippen molar-refractivity contribution < 1.29 is 22.7 Å². The molecule has 20 heavy (non-hydrogen) atoms. The molecular weight excluding hydrogens is 273 g/mol. The van der Waals surface area contributed by atoms with E-state index in [1.54, 1.807) is 14.1 Å². The Morgan fingerprint density at radius 3 is 2.55 bits per heavy atom. The molecule has 1 aromatic carbocycles. The maximum Gasteiger partial charge on any atom is 0.420 e. The average molecular weight is 290 g/mol. The molecule has 0 saturated heterocycles. The third-order valence-corrected chi connectivity index (χ3v) is 2.60. The van der Waals surface area contributed by atoms with Crippen molar-refractivity contribution in [3.05, 3.63) is 23.8 Å². The van der Waals surface area contributed by atoms with Crippen molar-refractivity contribution in [1.82, 2.24) is 4.90 Å². The van der Waals surface area contributed by atoms with Crippen molar-refractivity contribution in [3.8, 4) is 5.75 Å². The summed E-state index contributed by atoms with van der Waals surface area (Å²) < 4.78 is 43.4. The Morgan fingerprint density at radius 1 is 1.35 bits per heavy atom. The number of nitrogen functional groups attached to an aromatic ring is 1. The zero-order valence-electron chi connectivity index (χ0n) is 11.3. The highest BCUT2D eigenvalue weighted by Gasteiger charge is 2.34. The summed E-state index contributed by atoms with van der Waals surface area (Å²) in [6.07, 6.45) is -3.95. The fourth-order valence-corrected chi connectivity index (χ4v) is 1.52. The van der Waals surface area contributed by atoms with Gasteiger partial charge in [-0.2, -0.15) is 13.2 Å². The van der Waals surface area contributed by atoms with Crippen LogP contribution in [0.5, 0.6) is 5.75 Å². The molecule has 7 heteroatoms. The molecule has 0 aliphatic heterocycles. The molecule has 0 bridgehead atoms. The second-order valence-electron chi connectivity index (χ2n) is 4.49. The van der Waals surface area contributed by atoms with E-state index in [4.69, 9.17) is 10.5 Å². The number of carbonyl (C=O) groups is 1. The molecule has 0 aliphatic carbocycles. The van der Waals surface area contributed by atoms with Crippen LogP contribution in [0.2, 0.25) is 0 Å². The van der Waals surface area contributed by atoms with Crippen LogP contribution < -0.4 is 10.5 Å². The molecule has 1 aromatic rings. The van der Waals surface area contributed by atoms with Gasteiger partial charge in [-0.15, -0.1) is 0 Å². The van der Waals surface area contributed by atoms with Gasteiger partial charge < -0.3 is 15.4 Å². The van der Waals surface area contributed by atoms with Gasteiger partial charge in [0.25, 0.3) is 0 Å². The number of carbonyl (C=O) groups excluding carboxylic acids is 1. The average Bonchev–Trinajstić information content (AvgIpc) is 2.34. The molecule has 2 N–H and O–H groups in total. The SMILES string of the molecule is CN(C)C(=O)CCCOc1ccc(N)cc1C(F)(F)F. The third kappa shape index (κ3) is 4.64. The zero-order chi connectivity index (χ0) is 15.3. The van der Waals surface area contributed by atoms with E-state index < -0.39 is 11.7 Å². The van der Waals surface area contributed by atoms with Crippen LogP contribution in [0.1, 0.15) is 18.4 Å². The number of hydrogen-bond acceptors (Lipinski definition) is 3. The molecule has 1 amide bonds. The summed E-state index contributed by atoms with van der Waals surface area (Å²) in [6.45, 7) is 0.0343. The predicted octanol–water partition coefficient (Wildman–Crippen LogP) is 2.53. The lowest BCUT2D eigenvalue weighted by Gasteiger charge is -2.15. The minimum Gasteiger partial charge on any atom is -0.493 e. The number of rotatable bonds is 5. The number of anilines is 1. The second kappa shape index (κ2) is 6.49. The van der Waals surface area contributed by atoms with Gasteiger partial charge in [0.2, 0.25) is 5.91 Å². The van der Waals surface area contributed by atoms with E-state index in [1.165, 1.54) is 17.0 Å². The standard InChI is InChI=1S/C13H17F3N2O2/c1-18(2)12(19)4-3-7-20-11-6-5-9(17)8-10(11)13(14,15)16/h5-6,8H,3-4,7,17H2,1-2H3. The van der Waals surface area contributed by atoms with Gasteiger partial charge in [-0.1, -0.05) is 0 Å². The number of alkyl halides is 3. The number of benzene rings is 1. The Kier molecular flexibility index (Phi) is 5.24. The molecule has 112 valence electrons. The Morgan fingerprint density at radius 2 is 2.00 bits per heavy atom. The van der Waals surface area contributed by atoms with Crippen molar-refractivity contribution >= 4 is 11.6 Å². The first kappa shape index (κ1) is 16.1. The van der Waals surface area contributed by atoms with Crippen LogP contribution in [0.4, 0.5) is 18.9 Å². The van der Waals surface area contributed by atoms with Gasteiger partial charge in [0.15, 0.2) is 0 Å². The summed E-state index contributed by atoms with van der Waals surface area (Å²) in [5.41, 5.74) is 4.46. The van der Waals surface area contributed by atoms with Crippen molar-refractivity contribution in [2.45, 2.75) is 19.0 Å². The van der Waals surface area contributed by atoms with Crippen molar-refractivity contribution in [2.75, 3.05) is 26.4 Å². The smallest absolute Gasteiger partial charge is 0.420 e. The second-order valence-corrected chi connectivity index (χ2v) is 4.49. The van der Waals surface area contributed by atoms with Crippen LogP contribution in [0.25, 0.3) is 0 Å². The molecule has 0 aromatic heterocycles. The quantitative estimate of drug-likeness (QED) is 0.669. The van der Waals surface area contributed by atoms with E-state index in [0.717, 1.165) is 6.07 Å². The number of amides is 1. The molecule has 0 atom stereocenters. The van der Waals surface area contributed by atoms with E-state index in [2.05, 4.69) is 0 Å². The first-order valence-corrected chi connectivity index (χ1v) is 6.01. The largest absolute Gasteiger partial charge is 0.493 e. The summed E-state index contributed by atoms with van der Waals surface area (Å²) >= 11 is 0. The number of nitrogens with two attached hydrogens (primary N) is 1. The first-order valence-electron chi connectivity index (χ1n) is 6.01. The minimum absolute atomic E-state index is 0.0208. The van der Waals surface area contributed by atoms with Crippen molar-refractivity contribution in [2.24, 2.45) is 0 Å². The number of nitrogens with zero attached hydrogens (tertiary/aromatic N) is 1. The zero-order valence-corrected chi connectivity index (χ0v) is 11.3. The van der Waals surface area contributed by atoms with Crippen LogP contribution in [0.3, 0.4) is 0 Å². The maximum absolute atomic E-state index is 12.8. The fraction of sp³-hybridized carbons (Fsp3) is 0.462. The molecule has 1 rings (SSSR count). The van der Waals surface area contributed by atoms with Gasteiger partial charge in [0.05, 0.1) is 12.2 Å². The van der Waals surface area contributed by atoms with Crippen LogP contribution in [-0.4, -0.2) is 31.5 Å². The molecule has 4 nitrogen and oxygen atoms in total. The molecule has 0 fully saturated rings. The number of ether oxygens (including phenoxy) is 1. The Balaban J connectivity index is 2.63. The van der Waals surface area contributed by atoms with E-state index >= 15 is 0 Å². The highest BCUT2D eigenvalue weighted by molar-refractivity contribution is 5.75. The van der Waals surface area contributed by atoms with Crippen LogP contribution in [-0.2, 0) is 11.0 Å². The lowest BCUT2D eigenvalue weighted by Crippen LogP contribution is -2.21. The lowest BCUT2D eigenvalue weighted by atomic mass is 10.1. The Bertz CT molecular complexity index is 473. The third-order valence-electron chi connectivity index (χ3n) is 2.60. The van der Waals surface area contributed by atoms with Crippen molar-refractivity contribution in [3.63, 3.8) is 0 Å². The van der Waals surface area contributed by atoms with E-state index in [9.17, 15) is 18.0 Å². The molecule has 0 spiro atoms. The van der Waals surface area contributed by atoms with E-state index in [1.807, 2.05) is 0 Å². The Hall–Kier alpha value is -1.92. The molecular formula is C13H17F3N2O2. The number of hydrogen-bond donors (Lipinski definition) is 1. The monoisotopic (exact) mass is 290 g/mol. The summed E-state index contributed by atoms with van der Waals surface area (Å²) in [5.74, 6) is -0.369. The summed E-state index contributed by atoms with van der Waals surface area (Å²) in [6, 6.07) is 3.36. The normalized spacial score (nSPS) is 11.2. The van der Waals surface area contributed by atoms with Gasteiger partial charge in [-0.05, 0) is 24.6 Å². The molecule has 0 aliphatic rings. The Labute approximate surface area is 115 Å². The van der Waals surface area contributed by atoms with Crippen LogP contribution in [0.15, 0.2) is 18.2 Å². The minimum atomic E-state index is -4.52. The van der Waals surface area contributed by atoms with Crippen LogP contribution in [0, 0.1) is 0 Å². The predicted molar refractivity (Wildman–Crippen MR) is 69.3 cm³/mol. The van der Waals surface area contributed by atoms with Gasteiger partial charge in [-0.3, -0.25) is 4.79 Å². The van der Waals surface area contributed by atoms with E-state index in [-0.39, 0.29) is 30.4 Å². The van der Waals surface area contributed by atoms with Crippen LogP contribution >= 0.6 is 0 Å². The molecule has 0 unspecified atom stereocenters. The van der Waals surface area contributed by atoms with Gasteiger partial charge in [-0.25, -0.2) is 0 Å². The first-order chi connectivity index (χ1) is 9.21. The summed E-state index contributed by atoms with van der Waals surface area (Å²) in [7, 11) is 3.23. The highest BCUT2D eigenvalue weighted by atomic mass is 19.4. The summed E-state index contributed by atoms with van der Waals surface area (Å²) in [5, 5.41) is 0. The van der Waals surface area contributed by atoms with Gasteiger partial charge in [0, 0.05) is 26.2 Å². The highest BCUT2D eigenvalue weighted by Crippen LogP contribution is 2.37. The van der Waals surface area contributed by atoms with E-state index in [0.29, 0.717) is 6.42 Å². The lowest BCUT2D eigenvalue weighted by molar-refractivity contribution is -0.139. The maximum atomic E-state index is 12.8. The van der Waals surface area contributed by atoms with Gasteiger partial charge in [0.1, 0.15) is 5.75 Å². The fourth-order valence-electron chi connectivity index (χ4n) is 1.52. The van der Waals surface area contributed by atoms with Crippen molar-refractivity contribution in [1.29, 1.82) is 0 Å². The molecule has 0 heterocycles.